The molecule has 0 aliphatic carbocycles. The molecule has 174 valence electrons. The van der Waals surface area contributed by atoms with Crippen molar-refractivity contribution in [3.05, 3.63) is 28.2 Å². The van der Waals surface area contributed by atoms with Crippen molar-refractivity contribution in [2.75, 3.05) is 7.11 Å². The van der Waals surface area contributed by atoms with E-state index in [9.17, 15) is 14.4 Å². The van der Waals surface area contributed by atoms with Crippen LogP contribution in [0.5, 0.6) is 5.75 Å². The molecular weight excluding hydrogens is 470 g/mol. The quantitative estimate of drug-likeness (QED) is 0.377. The van der Waals surface area contributed by atoms with E-state index in [1.165, 1.54) is 7.11 Å². The maximum atomic E-state index is 12.8. The fourth-order valence-electron chi connectivity index (χ4n) is 2.38. The van der Waals surface area contributed by atoms with Crippen molar-refractivity contribution in [3.63, 3.8) is 0 Å². The first-order chi connectivity index (χ1) is 14.2. The van der Waals surface area contributed by atoms with Crippen molar-refractivity contribution in [1.82, 2.24) is 4.90 Å². The summed E-state index contributed by atoms with van der Waals surface area (Å²) in [5, 5.41) is 0. The number of esters is 1. The van der Waals surface area contributed by atoms with Crippen LogP contribution in [0, 0.1) is 0 Å². The van der Waals surface area contributed by atoms with Crippen molar-refractivity contribution in [2.24, 2.45) is 0 Å². The Labute approximate surface area is 192 Å². The van der Waals surface area contributed by atoms with Crippen LogP contribution in [0.3, 0.4) is 0 Å². The highest BCUT2D eigenvalue weighted by Crippen LogP contribution is 2.28. The number of hydrogen-bond donors (Lipinski definition) is 0. The summed E-state index contributed by atoms with van der Waals surface area (Å²) >= 11 is 3.39. The molecule has 0 spiro atoms. The van der Waals surface area contributed by atoms with Crippen molar-refractivity contribution in [1.29, 1.82) is 0 Å². The number of ether oxygens (including phenoxy) is 4. The highest BCUT2D eigenvalue weighted by molar-refractivity contribution is 9.10. The topological polar surface area (TPSA) is 91.4 Å². The smallest absolute Gasteiger partial charge is 0.420 e. The molecule has 31 heavy (non-hydrogen) atoms. The summed E-state index contributed by atoms with van der Waals surface area (Å²) in [5.74, 6) is -0.190. The zero-order chi connectivity index (χ0) is 24.0. The Morgan fingerprint density at radius 2 is 1.52 bits per heavy atom. The van der Waals surface area contributed by atoms with Crippen molar-refractivity contribution >= 4 is 34.1 Å². The summed E-state index contributed by atoms with van der Waals surface area (Å²) in [4.78, 5) is 38.4. The van der Waals surface area contributed by atoms with Gasteiger partial charge in [-0.05, 0) is 66.2 Å². The summed E-state index contributed by atoms with van der Waals surface area (Å²) in [6, 6.07) is 5.07. The van der Waals surface area contributed by atoms with Gasteiger partial charge in [0, 0.05) is 10.0 Å². The molecule has 0 saturated heterocycles. The van der Waals surface area contributed by atoms with Crippen LogP contribution in [0.4, 0.5) is 9.59 Å². The molecule has 9 heteroatoms. The first-order valence-corrected chi connectivity index (χ1v) is 10.7. The minimum absolute atomic E-state index is 0.184. The fourth-order valence-corrected chi connectivity index (χ4v) is 2.79. The maximum Gasteiger partial charge on any atom is 0.420 e. The Balaban J connectivity index is 3.31. The first kappa shape index (κ1) is 26.7. The van der Waals surface area contributed by atoms with E-state index >= 15 is 0 Å². The lowest BCUT2D eigenvalue weighted by Crippen LogP contribution is -2.43. The maximum absolute atomic E-state index is 12.8. The predicted octanol–water partition coefficient (Wildman–Crippen LogP) is 5.45. The highest BCUT2D eigenvalue weighted by atomic mass is 79.9. The van der Waals surface area contributed by atoms with Gasteiger partial charge in [-0.15, -0.1) is 0 Å². The molecule has 1 unspecified atom stereocenters. The van der Waals surface area contributed by atoms with Gasteiger partial charge in [0.15, 0.2) is 6.10 Å². The van der Waals surface area contributed by atoms with Gasteiger partial charge in [0.2, 0.25) is 0 Å². The van der Waals surface area contributed by atoms with E-state index in [0.29, 0.717) is 22.2 Å². The van der Waals surface area contributed by atoms with E-state index in [-0.39, 0.29) is 6.54 Å². The van der Waals surface area contributed by atoms with Gasteiger partial charge in [-0.2, -0.15) is 0 Å². The molecule has 0 fully saturated rings. The number of carbonyl (C=O) groups is 3. The van der Waals surface area contributed by atoms with Crippen LogP contribution in [0.25, 0.3) is 0 Å². The molecule has 0 bridgehead atoms. The molecule has 0 heterocycles. The van der Waals surface area contributed by atoms with Gasteiger partial charge < -0.3 is 18.9 Å². The lowest BCUT2D eigenvalue weighted by atomic mass is 10.1. The second-order valence-electron chi connectivity index (χ2n) is 8.84. The molecule has 8 nitrogen and oxygen atoms in total. The number of methoxy groups -OCH3 is 1. The molecule has 2 amide bonds. The van der Waals surface area contributed by atoms with E-state index in [0.717, 1.165) is 4.90 Å². The van der Waals surface area contributed by atoms with Crippen LogP contribution in [-0.4, -0.2) is 47.5 Å². The van der Waals surface area contributed by atoms with Gasteiger partial charge in [0.05, 0.1) is 13.7 Å². The summed E-state index contributed by atoms with van der Waals surface area (Å²) in [7, 11) is 1.28. The van der Waals surface area contributed by atoms with E-state index < -0.39 is 35.5 Å². The van der Waals surface area contributed by atoms with Crippen LogP contribution >= 0.6 is 15.9 Å². The number of nitrogens with zero attached hydrogens (tertiary/aromatic N) is 1. The van der Waals surface area contributed by atoms with Crippen LogP contribution < -0.4 is 4.74 Å². The van der Waals surface area contributed by atoms with Crippen LogP contribution in [0.1, 0.15) is 60.5 Å². The summed E-state index contributed by atoms with van der Waals surface area (Å²) in [6.45, 7) is 11.8. The van der Waals surface area contributed by atoms with Crippen LogP contribution in [0.2, 0.25) is 0 Å². The predicted molar refractivity (Wildman–Crippen MR) is 119 cm³/mol. The third-order valence-corrected chi connectivity index (χ3v) is 4.18. The third-order valence-electron chi connectivity index (χ3n) is 3.68. The fraction of sp³-hybridized carbons (Fsp3) is 0.591. The molecule has 0 saturated carbocycles. The Hall–Kier alpha value is -2.29. The Bertz CT molecular complexity index is 768. The monoisotopic (exact) mass is 501 g/mol. The second kappa shape index (κ2) is 10.8. The zero-order valence-electron chi connectivity index (χ0n) is 19.4. The summed E-state index contributed by atoms with van der Waals surface area (Å²) in [6.07, 6.45) is -2.16. The lowest BCUT2D eigenvalue weighted by Gasteiger charge is -2.29. The molecule has 1 atom stereocenters. The normalized spacial score (nSPS) is 12.5. The van der Waals surface area contributed by atoms with E-state index in [4.69, 9.17) is 18.9 Å². The lowest BCUT2D eigenvalue weighted by molar-refractivity contribution is -0.149. The summed E-state index contributed by atoms with van der Waals surface area (Å²) < 4.78 is 22.1. The first-order valence-electron chi connectivity index (χ1n) is 9.93. The Morgan fingerprint density at radius 3 is 1.94 bits per heavy atom. The standard InChI is InChI=1S/C22H32BrNO7/c1-9-16(18(25)28-8)29-17-11-10-15(23)12-14(17)13-24(19(26)30-21(2,3)4)20(27)31-22(5,6)7/h10-12,16H,9,13H2,1-8H3. The molecule has 1 rings (SSSR count). The van der Waals surface area contributed by atoms with E-state index in [2.05, 4.69) is 15.9 Å². The van der Waals surface area contributed by atoms with Crippen LogP contribution in [-0.2, 0) is 25.5 Å². The largest absolute Gasteiger partial charge is 0.478 e. The van der Waals surface area contributed by atoms with Crippen molar-refractivity contribution in [3.8, 4) is 5.75 Å². The van der Waals surface area contributed by atoms with Gasteiger partial charge >= 0.3 is 18.2 Å². The van der Waals surface area contributed by atoms with Gasteiger partial charge in [0.25, 0.3) is 0 Å². The summed E-state index contributed by atoms with van der Waals surface area (Å²) in [5.41, 5.74) is -1.15. The molecule has 0 aliphatic rings. The minimum Gasteiger partial charge on any atom is -0.478 e. The van der Waals surface area contributed by atoms with Gasteiger partial charge in [0.1, 0.15) is 17.0 Å². The second-order valence-corrected chi connectivity index (χ2v) is 9.75. The van der Waals surface area contributed by atoms with E-state index in [1.807, 2.05) is 0 Å². The Kier molecular flexibility index (Phi) is 9.35. The molecule has 0 aliphatic heterocycles. The van der Waals surface area contributed by atoms with Gasteiger partial charge in [-0.1, -0.05) is 22.9 Å². The molecule has 1 aromatic carbocycles. The molecule has 1 aromatic rings. The molecule has 0 aromatic heterocycles. The van der Waals surface area contributed by atoms with Gasteiger partial charge in [-0.25, -0.2) is 19.3 Å². The SMILES string of the molecule is CCC(Oc1ccc(Br)cc1CN(C(=O)OC(C)(C)C)C(=O)OC(C)(C)C)C(=O)OC. The number of rotatable bonds is 6. The number of imide groups is 1. The number of hydrogen-bond acceptors (Lipinski definition) is 7. The number of carbonyl (C=O) groups excluding carboxylic acids is 3. The molecule has 0 N–H and O–H groups in total. The Morgan fingerprint density at radius 1 is 1.00 bits per heavy atom. The molecular formula is C22H32BrNO7. The van der Waals surface area contributed by atoms with Gasteiger partial charge in [-0.3, -0.25) is 0 Å². The zero-order valence-corrected chi connectivity index (χ0v) is 21.0. The average Bonchev–Trinajstić information content (AvgIpc) is 2.61. The van der Waals surface area contributed by atoms with Crippen molar-refractivity contribution in [2.45, 2.75) is 78.7 Å². The van der Waals surface area contributed by atoms with Crippen LogP contribution in [0.15, 0.2) is 22.7 Å². The molecule has 0 radical (unpaired) electrons. The average molecular weight is 502 g/mol. The van der Waals surface area contributed by atoms with E-state index in [1.54, 1.807) is 66.7 Å². The number of amides is 2. The number of halogens is 1. The highest BCUT2D eigenvalue weighted by Gasteiger charge is 2.32. The van der Waals surface area contributed by atoms with Crippen molar-refractivity contribution < 1.29 is 33.3 Å². The minimum atomic E-state index is -0.854. The number of benzene rings is 1. The third kappa shape index (κ3) is 9.16.